The highest BCUT2D eigenvalue weighted by molar-refractivity contribution is 5.87. The Morgan fingerprint density at radius 2 is 1.83 bits per heavy atom. The van der Waals surface area contributed by atoms with Crippen LogP contribution in [0.1, 0.15) is 30.0 Å². The molecule has 1 heterocycles. The third-order valence-electron chi connectivity index (χ3n) is 4.81. The molecule has 1 aliphatic heterocycles. The van der Waals surface area contributed by atoms with E-state index in [4.69, 9.17) is 4.74 Å². The number of likely N-dealkylation sites (tertiary alicyclic amines) is 1. The summed E-state index contributed by atoms with van der Waals surface area (Å²) in [4.78, 5) is 37.5. The lowest BCUT2D eigenvalue weighted by atomic mass is 10.0. The van der Waals surface area contributed by atoms with E-state index in [0.29, 0.717) is 18.4 Å². The molecule has 0 saturated carbocycles. The van der Waals surface area contributed by atoms with Gasteiger partial charge in [0.05, 0.1) is 6.04 Å². The fraction of sp³-hybridized carbons (Fsp3) is 0.286. The van der Waals surface area contributed by atoms with Crippen molar-refractivity contribution in [1.82, 2.24) is 10.2 Å². The molecule has 0 radical (unpaired) electrons. The van der Waals surface area contributed by atoms with Crippen LogP contribution in [0.25, 0.3) is 0 Å². The number of aliphatic carboxylic acids is 1. The van der Waals surface area contributed by atoms with E-state index in [1.54, 1.807) is 24.3 Å². The molecule has 8 nitrogen and oxygen atoms in total. The van der Waals surface area contributed by atoms with E-state index in [-0.39, 0.29) is 18.9 Å². The van der Waals surface area contributed by atoms with Crippen molar-refractivity contribution in [2.75, 3.05) is 6.54 Å². The van der Waals surface area contributed by atoms with Gasteiger partial charge in [-0.2, -0.15) is 0 Å². The average Bonchev–Trinajstić information content (AvgIpc) is 3.17. The smallest absolute Gasteiger partial charge is 0.407 e. The minimum atomic E-state index is -1.10. The van der Waals surface area contributed by atoms with Crippen LogP contribution in [-0.4, -0.2) is 45.7 Å². The van der Waals surface area contributed by atoms with Crippen molar-refractivity contribution >= 4 is 18.0 Å². The second-order valence-corrected chi connectivity index (χ2v) is 6.76. The minimum absolute atomic E-state index is 0.0382. The first kappa shape index (κ1) is 20.2. The molecule has 2 aromatic carbocycles. The molecular formula is C21H22N2O6. The van der Waals surface area contributed by atoms with Crippen LogP contribution < -0.4 is 5.32 Å². The van der Waals surface area contributed by atoms with Crippen LogP contribution in [0, 0.1) is 0 Å². The minimum Gasteiger partial charge on any atom is -0.508 e. The van der Waals surface area contributed by atoms with Gasteiger partial charge in [-0.1, -0.05) is 42.5 Å². The molecule has 1 aliphatic rings. The molecule has 2 amide bonds. The highest BCUT2D eigenvalue weighted by atomic mass is 16.5. The van der Waals surface area contributed by atoms with Gasteiger partial charge in [-0.3, -0.25) is 4.79 Å². The summed E-state index contributed by atoms with van der Waals surface area (Å²) in [5, 5.41) is 21.6. The summed E-state index contributed by atoms with van der Waals surface area (Å²) in [6.45, 7) is -0.318. The Morgan fingerprint density at radius 3 is 2.52 bits per heavy atom. The Hall–Kier alpha value is -3.55. The summed E-state index contributed by atoms with van der Waals surface area (Å²) in [6, 6.07) is 14.0. The molecular weight excluding hydrogens is 376 g/mol. The molecule has 1 unspecified atom stereocenters. The van der Waals surface area contributed by atoms with Crippen molar-refractivity contribution in [3.05, 3.63) is 65.7 Å². The third-order valence-corrected chi connectivity index (χ3v) is 4.81. The molecule has 3 rings (SSSR count). The van der Waals surface area contributed by atoms with E-state index >= 15 is 0 Å². The Kier molecular flexibility index (Phi) is 6.33. The number of nitrogens with zero attached hydrogens (tertiary/aromatic N) is 1. The summed E-state index contributed by atoms with van der Waals surface area (Å²) in [7, 11) is 0. The van der Waals surface area contributed by atoms with E-state index in [2.05, 4.69) is 5.32 Å². The first-order valence-corrected chi connectivity index (χ1v) is 9.23. The fourth-order valence-corrected chi connectivity index (χ4v) is 3.47. The molecule has 0 spiro atoms. The van der Waals surface area contributed by atoms with Gasteiger partial charge in [-0.15, -0.1) is 0 Å². The monoisotopic (exact) mass is 398 g/mol. The third kappa shape index (κ3) is 5.04. The molecule has 0 aromatic heterocycles. The van der Waals surface area contributed by atoms with Crippen molar-refractivity contribution in [2.24, 2.45) is 0 Å². The standard InChI is InChI=1S/C21H22N2O6/c24-16-8-4-7-15(11-16)17-9-10-18(20(26)27)23(17)19(25)12-22-21(28)29-13-14-5-2-1-3-6-14/h1-8,11,17-18,24H,9-10,12-13H2,(H,22,28)(H,26,27)/t17?,18-/m0/s1. The molecule has 29 heavy (non-hydrogen) atoms. The highest BCUT2D eigenvalue weighted by Crippen LogP contribution is 2.37. The fourth-order valence-electron chi connectivity index (χ4n) is 3.47. The van der Waals surface area contributed by atoms with Crippen LogP contribution >= 0.6 is 0 Å². The number of amides is 2. The van der Waals surface area contributed by atoms with Crippen LogP contribution in [0.3, 0.4) is 0 Å². The van der Waals surface area contributed by atoms with E-state index in [1.807, 2.05) is 18.2 Å². The van der Waals surface area contributed by atoms with Crippen LogP contribution in [0.2, 0.25) is 0 Å². The molecule has 8 heteroatoms. The van der Waals surface area contributed by atoms with E-state index in [0.717, 1.165) is 5.56 Å². The summed E-state index contributed by atoms with van der Waals surface area (Å²) < 4.78 is 5.07. The summed E-state index contributed by atoms with van der Waals surface area (Å²) in [5.41, 5.74) is 1.46. The van der Waals surface area contributed by atoms with Gasteiger partial charge in [-0.05, 0) is 36.1 Å². The molecule has 2 atom stereocenters. The van der Waals surface area contributed by atoms with Gasteiger partial charge >= 0.3 is 12.1 Å². The number of hydrogen-bond donors (Lipinski definition) is 3. The number of aromatic hydroxyl groups is 1. The number of nitrogens with one attached hydrogen (secondary N) is 1. The zero-order valence-corrected chi connectivity index (χ0v) is 15.7. The van der Waals surface area contributed by atoms with Crippen LogP contribution in [0.5, 0.6) is 5.75 Å². The van der Waals surface area contributed by atoms with Gasteiger partial charge in [0.1, 0.15) is 24.9 Å². The number of rotatable bonds is 6. The van der Waals surface area contributed by atoms with Crippen LogP contribution in [0.4, 0.5) is 4.79 Å². The van der Waals surface area contributed by atoms with Gasteiger partial charge in [0.2, 0.25) is 5.91 Å². The normalized spacial score (nSPS) is 18.3. The molecule has 3 N–H and O–H groups in total. The van der Waals surface area contributed by atoms with Crippen molar-refractivity contribution in [3.8, 4) is 5.75 Å². The summed E-state index contributed by atoms with van der Waals surface area (Å²) >= 11 is 0. The van der Waals surface area contributed by atoms with Crippen molar-refractivity contribution in [3.63, 3.8) is 0 Å². The maximum Gasteiger partial charge on any atom is 0.407 e. The largest absolute Gasteiger partial charge is 0.508 e. The predicted octanol–water partition coefficient (Wildman–Crippen LogP) is 2.44. The maximum atomic E-state index is 12.7. The van der Waals surface area contributed by atoms with Crippen molar-refractivity contribution in [2.45, 2.75) is 31.5 Å². The Morgan fingerprint density at radius 1 is 1.07 bits per heavy atom. The van der Waals surface area contributed by atoms with Gasteiger partial charge in [0.25, 0.3) is 0 Å². The molecule has 152 valence electrons. The number of ether oxygens (including phenoxy) is 1. The quantitative estimate of drug-likeness (QED) is 0.688. The van der Waals surface area contributed by atoms with Crippen molar-refractivity contribution in [1.29, 1.82) is 0 Å². The number of carboxylic acid groups (broad SMARTS) is 1. The highest BCUT2D eigenvalue weighted by Gasteiger charge is 2.41. The topological polar surface area (TPSA) is 116 Å². The number of phenolic OH excluding ortho intramolecular Hbond substituents is 1. The first-order chi connectivity index (χ1) is 14.0. The second-order valence-electron chi connectivity index (χ2n) is 6.76. The van der Waals surface area contributed by atoms with Crippen LogP contribution in [-0.2, 0) is 20.9 Å². The predicted molar refractivity (Wildman–Crippen MR) is 103 cm³/mol. The second kappa shape index (κ2) is 9.09. The summed E-state index contributed by atoms with van der Waals surface area (Å²) in [5.74, 6) is -1.59. The zero-order valence-electron chi connectivity index (χ0n) is 15.7. The number of carboxylic acids is 1. The Balaban J connectivity index is 1.62. The maximum absolute atomic E-state index is 12.7. The summed E-state index contributed by atoms with van der Waals surface area (Å²) in [6.07, 6.45) is -0.0213. The molecule has 0 bridgehead atoms. The van der Waals surface area contributed by atoms with E-state index in [1.165, 1.54) is 17.0 Å². The number of phenols is 1. The number of carbonyl (C=O) groups excluding carboxylic acids is 2. The van der Waals surface area contributed by atoms with Gasteiger partial charge < -0.3 is 25.2 Å². The van der Waals surface area contributed by atoms with E-state index in [9.17, 15) is 24.6 Å². The Bertz CT molecular complexity index is 886. The lowest BCUT2D eigenvalue weighted by Gasteiger charge is -2.28. The molecule has 2 aromatic rings. The molecule has 1 saturated heterocycles. The first-order valence-electron chi connectivity index (χ1n) is 9.23. The molecule has 1 fully saturated rings. The van der Waals surface area contributed by atoms with Gasteiger partial charge in [-0.25, -0.2) is 9.59 Å². The number of alkyl carbamates (subject to hydrolysis) is 1. The van der Waals surface area contributed by atoms with Gasteiger partial charge in [0, 0.05) is 0 Å². The SMILES string of the molecule is O=C(NCC(=O)N1C(c2cccc(O)c2)CC[C@H]1C(=O)O)OCc1ccccc1. The molecule has 0 aliphatic carbocycles. The lowest BCUT2D eigenvalue weighted by molar-refractivity contribution is -0.149. The van der Waals surface area contributed by atoms with Gasteiger partial charge in [0.15, 0.2) is 0 Å². The zero-order chi connectivity index (χ0) is 20.8. The van der Waals surface area contributed by atoms with Crippen LogP contribution in [0.15, 0.2) is 54.6 Å². The number of benzene rings is 2. The average molecular weight is 398 g/mol. The Labute approximate surface area is 167 Å². The lowest BCUT2D eigenvalue weighted by Crippen LogP contribution is -2.46. The van der Waals surface area contributed by atoms with E-state index < -0.39 is 30.1 Å². The van der Waals surface area contributed by atoms with Crippen molar-refractivity contribution < 1.29 is 29.3 Å². The number of carbonyl (C=O) groups is 3. The number of hydrogen-bond acceptors (Lipinski definition) is 5.